The van der Waals surface area contributed by atoms with E-state index in [4.69, 9.17) is 14.6 Å². The summed E-state index contributed by atoms with van der Waals surface area (Å²) in [6.07, 6.45) is 3.26. The number of carboxylic acid groups (broad SMARTS) is 1. The van der Waals surface area contributed by atoms with Gasteiger partial charge in [0.05, 0.1) is 24.9 Å². The van der Waals surface area contributed by atoms with Crippen molar-refractivity contribution in [2.45, 2.75) is 38.5 Å². The van der Waals surface area contributed by atoms with Crippen LogP contribution < -0.4 is 0 Å². The molecule has 1 unspecified atom stereocenters. The van der Waals surface area contributed by atoms with Crippen LogP contribution >= 0.6 is 0 Å². The molecule has 0 spiro atoms. The molecule has 0 radical (unpaired) electrons. The number of nitrogens with zero attached hydrogens (tertiary/aromatic N) is 3. The van der Waals surface area contributed by atoms with E-state index in [0.29, 0.717) is 12.2 Å². The zero-order valence-electron chi connectivity index (χ0n) is 10.3. The molecular formula is C11H17N3O4. The third kappa shape index (κ3) is 2.85. The van der Waals surface area contributed by atoms with E-state index in [1.807, 2.05) is 0 Å². The van der Waals surface area contributed by atoms with Crippen molar-refractivity contribution in [2.75, 3.05) is 13.7 Å². The molecule has 1 saturated heterocycles. The van der Waals surface area contributed by atoms with Gasteiger partial charge in [0.1, 0.15) is 0 Å². The van der Waals surface area contributed by atoms with Crippen LogP contribution in [0, 0.1) is 0 Å². The Morgan fingerprint density at radius 1 is 1.61 bits per heavy atom. The van der Waals surface area contributed by atoms with Gasteiger partial charge in [-0.15, -0.1) is 5.10 Å². The van der Waals surface area contributed by atoms with Gasteiger partial charge in [-0.3, -0.25) is 0 Å². The summed E-state index contributed by atoms with van der Waals surface area (Å²) in [7, 11) is 1.51. The molecule has 0 aromatic carbocycles. The van der Waals surface area contributed by atoms with Crippen LogP contribution in [0.3, 0.4) is 0 Å². The summed E-state index contributed by atoms with van der Waals surface area (Å²) < 4.78 is 12.2. The van der Waals surface area contributed by atoms with Crippen molar-refractivity contribution in [3.05, 3.63) is 11.4 Å². The number of carbonyl (C=O) groups is 1. The maximum Gasteiger partial charge on any atom is 0.358 e. The van der Waals surface area contributed by atoms with Gasteiger partial charge in [0.25, 0.3) is 0 Å². The number of carboxylic acids is 1. The molecule has 18 heavy (non-hydrogen) atoms. The SMILES string of the molecule is COCc1c(C(=O)O)nnn1CC1CCCCO1. The minimum atomic E-state index is -1.09. The van der Waals surface area contributed by atoms with Crippen LogP contribution in [-0.2, 0) is 22.6 Å². The summed E-state index contributed by atoms with van der Waals surface area (Å²) in [5.74, 6) is -1.09. The Kier molecular flexibility index (Phi) is 4.27. The summed E-state index contributed by atoms with van der Waals surface area (Å²) in [5, 5.41) is 16.6. The van der Waals surface area contributed by atoms with Gasteiger partial charge in [0, 0.05) is 13.7 Å². The maximum absolute atomic E-state index is 11.0. The standard InChI is InChI=1S/C11H17N3O4/c1-17-7-9-10(11(15)16)12-13-14(9)6-8-4-2-3-5-18-8/h8H,2-7H2,1H3,(H,15,16). The topological polar surface area (TPSA) is 86.5 Å². The fourth-order valence-corrected chi connectivity index (χ4v) is 2.07. The highest BCUT2D eigenvalue weighted by atomic mass is 16.5. The highest BCUT2D eigenvalue weighted by molar-refractivity contribution is 5.86. The van der Waals surface area contributed by atoms with E-state index in [9.17, 15) is 4.79 Å². The minimum absolute atomic E-state index is 0.0485. The van der Waals surface area contributed by atoms with Gasteiger partial charge in [0.2, 0.25) is 0 Å². The third-order valence-corrected chi connectivity index (χ3v) is 2.97. The van der Waals surface area contributed by atoms with Crippen molar-refractivity contribution in [1.82, 2.24) is 15.0 Å². The number of rotatable bonds is 5. The number of ether oxygens (including phenoxy) is 2. The summed E-state index contributed by atoms with van der Waals surface area (Å²) in [6.45, 7) is 1.46. The number of aromatic nitrogens is 3. The van der Waals surface area contributed by atoms with E-state index in [0.717, 1.165) is 25.9 Å². The van der Waals surface area contributed by atoms with Crippen LogP contribution in [0.25, 0.3) is 0 Å². The first kappa shape index (κ1) is 13.0. The Balaban J connectivity index is 2.13. The third-order valence-electron chi connectivity index (χ3n) is 2.97. The number of hydrogen-bond donors (Lipinski definition) is 1. The second kappa shape index (κ2) is 5.92. The van der Waals surface area contributed by atoms with Crippen LogP contribution in [0.5, 0.6) is 0 Å². The summed E-state index contributed by atoms with van der Waals surface area (Å²) >= 11 is 0. The first-order valence-corrected chi connectivity index (χ1v) is 5.98. The van der Waals surface area contributed by atoms with Crippen molar-refractivity contribution in [1.29, 1.82) is 0 Å². The fraction of sp³-hybridized carbons (Fsp3) is 0.727. The Labute approximate surface area is 105 Å². The molecule has 100 valence electrons. The van der Waals surface area contributed by atoms with Crippen molar-refractivity contribution in [3.63, 3.8) is 0 Å². The van der Waals surface area contributed by atoms with E-state index in [-0.39, 0.29) is 18.4 Å². The lowest BCUT2D eigenvalue weighted by atomic mass is 10.1. The fourth-order valence-electron chi connectivity index (χ4n) is 2.07. The molecule has 1 N–H and O–H groups in total. The van der Waals surface area contributed by atoms with E-state index in [1.54, 1.807) is 4.68 Å². The molecule has 0 aliphatic carbocycles. The quantitative estimate of drug-likeness (QED) is 0.833. The number of methoxy groups -OCH3 is 1. The lowest BCUT2D eigenvalue weighted by molar-refractivity contribution is 0.00240. The number of aromatic carboxylic acids is 1. The van der Waals surface area contributed by atoms with E-state index in [1.165, 1.54) is 7.11 Å². The molecule has 2 rings (SSSR count). The second-order valence-corrected chi connectivity index (χ2v) is 4.29. The minimum Gasteiger partial charge on any atom is -0.476 e. The van der Waals surface area contributed by atoms with Gasteiger partial charge in [-0.25, -0.2) is 9.48 Å². The molecule has 1 fully saturated rings. The van der Waals surface area contributed by atoms with Gasteiger partial charge < -0.3 is 14.6 Å². The highest BCUT2D eigenvalue weighted by Gasteiger charge is 2.22. The predicted molar refractivity (Wildman–Crippen MR) is 61.3 cm³/mol. The monoisotopic (exact) mass is 255 g/mol. The Bertz CT molecular complexity index is 412. The summed E-state index contributed by atoms with van der Waals surface area (Å²) in [5.41, 5.74) is 0.437. The Hall–Kier alpha value is -1.47. The molecule has 7 nitrogen and oxygen atoms in total. The average Bonchev–Trinajstić information content (AvgIpc) is 2.74. The first-order valence-electron chi connectivity index (χ1n) is 5.98. The molecule has 1 aromatic rings. The zero-order chi connectivity index (χ0) is 13.0. The van der Waals surface area contributed by atoms with E-state index >= 15 is 0 Å². The molecule has 0 amide bonds. The smallest absolute Gasteiger partial charge is 0.358 e. The molecule has 0 bridgehead atoms. The van der Waals surface area contributed by atoms with Crippen LogP contribution in [0.4, 0.5) is 0 Å². The Morgan fingerprint density at radius 3 is 3.06 bits per heavy atom. The van der Waals surface area contributed by atoms with Crippen molar-refractivity contribution >= 4 is 5.97 Å². The van der Waals surface area contributed by atoms with E-state index < -0.39 is 5.97 Å². The van der Waals surface area contributed by atoms with Gasteiger partial charge >= 0.3 is 5.97 Å². The molecule has 1 aromatic heterocycles. The van der Waals surface area contributed by atoms with Crippen LogP contribution in [0.1, 0.15) is 35.4 Å². The van der Waals surface area contributed by atoms with Crippen LogP contribution in [0.2, 0.25) is 0 Å². The van der Waals surface area contributed by atoms with Crippen LogP contribution in [0.15, 0.2) is 0 Å². The lowest BCUT2D eigenvalue weighted by Crippen LogP contribution is -2.26. The molecule has 0 saturated carbocycles. The molecule has 1 aliphatic rings. The largest absolute Gasteiger partial charge is 0.476 e. The van der Waals surface area contributed by atoms with Crippen molar-refractivity contribution in [2.24, 2.45) is 0 Å². The average molecular weight is 255 g/mol. The van der Waals surface area contributed by atoms with Crippen molar-refractivity contribution in [3.8, 4) is 0 Å². The second-order valence-electron chi connectivity index (χ2n) is 4.29. The normalized spacial score (nSPS) is 19.9. The molecule has 1 atom stereocenters. The van der Waals surface area contributed by atoms with Crippen LogP contribution in [-0.4, -0.2) is 45.9 Å². The molecule has 7 heteroatoms. The van der Waals surface area contributed by atoms with Gasteiger partial charge in [-0.1, -0.05) is 5.21 Å². The lowest BCUT2D eigenvalue weighted by Gasteiger charge is -2.22. The zero-order valence-corrected chi connectivity index (χ0v) is 10.3. The van der Waals surface area contributed by atoms with Gasteiger partial charge in [-0.2, -0.15) is 0 Å². The van der Waals surface area contributed by atoms with Crippen molar-refractivity contribution < 1.29 is 19.4 Å². The summed E-state index contributed by atoms with van der Waals surface area (Å²) in [6, 6.07) is 0. The maximum atomic E-state index is 11.0. The first-order chi connectivity index (χ1) is 8.72. The molecule has 2 heterocycles. The number of hydrogen-bond acceptors (Lipinski definition) is 5. The highest BCUT2D eigenvalue weighted by Crippen LogP contribution is 2.16. The van der Waals surface area contributed by atoms with Gasteiger partial charge in [-0.05, 0) is 19.3 Å². The summed E-state index contributed by atoms with van der Waals surface area (Å²) in [4.78, 5) is 11.0. The van der Waals surface area contributed by atoms with E-state index in [2.05, 4.69) is 10.3 Å². The van der Waals surface area contributed by atoms with Gasteiger partial charge in [0.15, 0.2) is 5.69 Å². The molecular weight excluding hydrogens is 238 g/mol. The predicted octanol–water partition coefficient (Wildman–Crippen LogP) is 0.692. The Morgan fingerprint density at radius 2 is 2.44 bits per heavy atom. The molecule has 1 aliphatic heterocycles.